The van der Waals surface area contributed by atoms with Gasteiger partial charge in [-0.05, 0) is 5.56 Å². The average molecular weight is 353 g/mol. The molecule has 1 N–H and O–H groups in total. The Morgan fingerprint density at radius 2 is 2.08 bits per heavy atom. The summed E-state index contributed by atoms with van der Waals surface area (Å²) in [5.41, 5.74) is 0.735. The normalized spacial score (nSPS) is 10.3. The number of carbonyl (C=O) groups is 1. The standard InChI is InChI=1S/C17H15N5O4/c1-26-17(23)13-9-14(22(24)25)16(18-10-13)19-15-7-8-21(20-15)11-12-5-3-2-4-6-12/h2-10H,11H2,1H3,(H,18,19,20). The summed E-state index contributed by atoms with van der Waals surface area (Å²) in [5.74, 6) is -0.297. The van der Waals surface area contributed by atoms with Gasteiger partial charge in [-0.15, -0.1) is 0 Å². The van der Waals surface area contributed by atoms with Gasteiger partial charge in [-0.3, -0.25) is 14.8 Å². The predicted octanol–water partition coefficient (Wildman–Crippen LogP) is 2.76. The molecule has 2 heterocycles. The maximum Gasteiger partial charge on any atom is 0.339 e. The number of rotatable bonds is 6. The molecule has 1 aromatic carbocycles. The van der Waals surface area contributed by atoms with Crippen molar-refractivity contribution in [2.24, 2.45) is 0 Å². The lowest BCUT2D eigenvalue weighted by Gasteiger charge is -2.05. The monoisotopic (exact) mass is 353 g/mol. The molecule has 2 aromatic heterocycles. The van der Waals surface area contributed by atoms with Gasteiger partial charge in [0.15, 0.2) is 5.82 Å². The first-order valence-electron chi connectivity index (χ1n) is 7.64. The minimum absolute atomic E-state index is 0.000595. The van der Waals surface area contributed by atoms with Crippen LogP contribution in [0.3, 0.4) is 0 Å². The molecule has 0 spiro atoms. The van der Waals surface area contributed by atoms with Crippen molar-refractivity contribution in [1.82, 2.24) is 14.8 Å². The predicted molar refractivity (Wildman–Crippen MR) is 93.3 cm³/mol. The summed E-state index contributed by atoms with van der Waals surface area (Å²) in [6.45, 7) is 0.569. The number of nitrogens with zero attached hydrogens (tertiary/aromatic N) is 4. The largest absolute Gasteiger partial charge is 0.465 e. The van der Waals surface area contributed by atoms with E-state index in [9.17, 15) is 14.9 Å². The zero-order valence-electron chi connectivity index (χ0n) is 13.8. The summed E-state index contributed by atoms with van der Waals surface area (Å²) in [4.78, 5) is 26.1. The van der Waals surface area contributed by atoms with E-state index in [1.165, 1.54) is 13.3 Å². The van der Waals surface area contributed by atoms with Gasteiger partial charge >= 0.3 is 11.7 Å². The van der Waals surface area contributed by atoms with E-state index in [1.54, 1.807) is 16.9 Å². The number of methoxy groups -OCH3 is 1. The molecule has 132 valence electrons. The zero-order chi connectivity index (χ0) is 18.5. The first kappa shape index (κ1) is 17.1. The molecule has 0 unspecified atom stereocenters. The number of nitrogens with one attached hydrogen (secondary N) is 1. The number of hydrogen-bond acceptors (Lipinski definition) is 7. The number of aromatic nitrogens is 3. The molecular formula is C17H15N5O4. The molecule has 0 amide bonds. The minimum Gasteiger partial charge on any atom is -0.465 e. The van der Waals surface area contributed by atoms with Crippen LogP contribution >= 0.6 is 0 Å². The molecule has 9 nitrogen and oxygen atoms in total. The number of carbonyl (C=O) groups excluding carboxylic acids is 1. The second kappa shape index (κ2) is 7.43. The van der Waals surface area contributed by atoms with E-state index in [1.807, 2.05) is 30.3 Å². The van der Waals surface area contributed by atoms with E-state index in [-0.39, 0.29) is 17.1 Å². The van der Waals surface area contributed by atoms with Gasteiger partial charge in [-0.2, -0.15) is 5.10 Å². The van der Waals surface area contributed by atoms with Crippen molar-refractivity contribution in [3.63, 3.8) is 0 Å². The smallest absolute Gasteiger partial charge is 0.339 e. The van der Waals surface area contributed by atoms with Gasteiger partial charge < -0.3 is 10.1 Å². The van der Waals surface area contributed by atoms with E-state index in [0.717, 1.165) is 11.6 Å². The lowest BCUT2D eigenvalue weighted by Crippen LogP contribution is -2.06. The van der Waals surface area contributed by atoms with Gasteiger partial charge in [-0.25, -0.2) is 9.78 Å². The summed E-state index contributed by atoms with van der Waals surface area (Å²) < 4.78 is 6.25. The van der Waals surface area contributed by atoms with Gasteiger partial charge in [0.2, 0.25) is 5.82 Å². The molecule has 9 heteroatoms. The maximum atomic E-state index is 11.5. The van der Waals surface area contributed by atoms with E-state index >= 15 is 0 Å². The van der Waals surface area contributed by atoms with Crippen molar-refractivity contribution in [1.29, 1.82) is 0 Å². The fourth-order valence-electron chi connectivity index (χ4n) is 2.33. The summed E-state index contributed by atoms with van der Waals surface area (Å²) >= 11 is 0. The van der Waals surface area contributed by atoms with Gasteiger partial charge in [-0.1, -0.05) is 30.3 Å². The molecule has 0 radical (unpaired) electrons. The maximum absolute atomic E-state index is 11.5. The van der Waals surface area contributed by atoms with Crippen LogP contribution in [0.2, 0.25) is 0 Å². The van der Waals surface area contributed by atoms with Crippen molar-refractivity contribution >= 4 is 23.3 Å². The van der Waals surface area contributed by atoms with Crippen molar-refractivity contribution in [2.45, 2.75) is 6.54 Å². The van der Waals surface area contributed by atoms with Gasteiger partial charge in [0.1, 0.15) is 0 Å². The Morgan fingerprint density at radius 3 is 2.77 bits per heavy atom. The highest BCUT2D eigenvalue weighted by Gasteiger charge is 2.20. The summed E-state index contributed by atoms with van der Waals surface area (Å²) in [7, 11) is 1.19. The highest BCUT2D eigenvalue weighted by molar-refractivity contribution is 5.90. The lowest BCUT2D eigenvalue weighted by atomic mass is 10.2. The Bertz CT molecular complexity index is 939. The second-order valence-electron chi connectivity index (χ2n) is 5.35. The minimum atomic E-state index is -0.695. The third kappa shape index (κ3) is 3.83. The Kier molecular flexibility index (Phi) is 4.88. The van der Waals surface area contributed by atoms with Crippen LogP contribution in [0.4, 0.5) is 17.3 Å². The molecule has 0 atom stereocenters. The van der Waals surface area contributed by atoms with Gasteiger partial charge in [0.05, 0.1) is 24.1 Å². The SMILES string of the molecule is COC(=O)c1cnc(Nc2ccn(Cc3ccccc3)n2)c([N+](=O)[O-])c1. The lowest BCUT2D eigenvalue weighted by molar-refractivity contribution is -0.384. The molecule has 0 saturated carbocycles. The molecular weight excluding hydrogens is 338 g/mol. The number of benzene rings is 1. The molecule has 0 fully saturated rings. The van der Waals surface area contributed by atoms with Crippen molar-refractivity contribution in [2.75, 3.05) is 12.4 Å². The van der Waals surface area contributed by atoms with Crippen LogP contribution in [0.15, 0.2) is 54.9 Å². The number of nitro groups is 1. The molecule has 0 aliphatic heterocycles. The van der Waals surface area contributed by atoms with Crippen LogP contribution in [0, 0.1) is 10.1 Å². The highest BCUT2D eigenvalue weighted by Crippen LogP contribution is 2.25. The van der Waals surface area contributed by atoms with Crippen LogP contribution in [-0.2, 0) is 11.3 Å². The van der Waals surface area contributed by atoms with Crippen LogP contribution in [0.1, 0.15) is 15.9 Å². The van der Waals surface area contributed by atoms with Crippen LogP contribution in [0.5, 0.6) is 0 Å². The number of ether oxygens (including phenoxy) is 1. The summed E-state index contributed by atoms with van der Waals surface area (Å²) in [5, 5.41) is 18.4. The molecule has 26 heavy (non-hydrogen) atoms. The average Bonchev–Trinajstić information content (AvgIpc) is 3.09. The van der Waals surface area contributed by atoms with E-state index in [0.29, 0.717) is 12.4 Å². The molecule has 0 bridgehead atoms. The van der Waals surface area contributed by atoms with E-state index < -0.39 is 10.9 Å². The Hall–Kier alpha value is -3.75. The molecule has 3 aromatic rings. The fourth-order valence-corrected chi connectivity index (χ4v) is 2.33. The molecule has 0 aliphatic rings. The zero-order valence-corrected chi connectivity index (χ0v) is 13.8. The third-order valence-electron chi connectivity index (χ3n) is 3.56. The van der Waals surface area contributed by atoms with Crippen LogP contribution < -0.4 is 5.32 Å². The third-order valence-corrected chi connectivity index (χ3v) is 3.56. The number of anilines is 2. The number of pyridine rings is 1. The first-order valence-corrected chi connectivity index (χ1v) is 7.64. The van der Waals surface area contributed by atoms with Crippen molar-refractivity contribution < 1.29 is 14.5 Å². The molecule has 0 saturated heterocycles. The molecule has 3 rings (SSSR count). The molecule has 0 aliphatic carbocycles. The Morgan fingerprint density at radius 1 is 1.31 bits per heavy atom. The van der Waals surface area contributed by atoms with Crippen LogP contribution in [-0.4, -0.2) is 32.8 Å². The van der Waals surface area contributed by atoms with Crippen LogP contribution in [0.25, 0.3) is 0 Å². The Labute approximate surface area is 148 Å². The van der Waals surface area contributed by atoms with Crippen molar-refractivity contribution in [3.8, 4) is 0 Å². The topological polar surface area (TPSA) is 112 Å². The van der Waals surface area contributed by atoms with Crippen molar-refractivity contribution in [3.05, 3.63) is 76.1 Å². The Balaban J connectivity index is 1.80. The summed E-state index contributed by atoms with van der Waals surface area (Å²) in [6.07, 6.45) is 2.96. The quantitative estimate of drug-likeness (QED) is 0.412. The first-order chi connectivity index (χ1) is 12.6. The second-order valence-corrected chi connectivity index (χ2v) is 5.35. The number of hydrogen-bond donors (Lipinski definition) is 1. The number of esters is 1. The van der Waals surface area contributed by atoms with Gasteiger partial charge in [0, 0.05) is 24.5 Å². The highest BCUT2D eigenvalue weighted by atomic mass is 16.6. The van der Waals surface area contributed by atoms with Gasteiger partial charge in [0.25, 0.3) is 0 Å². The van der Waals surface area contributed by atoms with E-state index in [2.05, 4.69) is 20.1 Å². The fraction of sp³-hybridized carbons (Fsp3) is 0.118. The van der Waals surface area contributed by atoms with E-state index in [4.69, 9.17) is 0 Å². The summed E-state index contributed by atoms with van der Waals surface area (Å²) in [6, 6.07) is 12.6.